The number of hydrogen-bond donors (Lipinski definition) is 1. The topological polar surface area (TPSA) is 84.7 Å². The lowest BCUT2D eigenvalue weighted by atomic mass is 10.2. The van der Waals surface area contributed by atoms with E-state index >= 15 is 0 Å². The minimum atomic E-state index is -1.08. The number of fused-ring (bicyclic) bond motifs is 1. The third kappa shape index (κ3) is 2.95. The van der Waals surface area contributed by atoms with Crippen LogP contribution in [0.25, 0.3) is 0 Å². The number of carbonyl (C=O) groups is 2. The van der Waals surface area contributed by atoms with Gasteiger partial charge in [-0.3, -0.25) is 9.58 Å². The van der Waals surface area contributed by atoms with Crippen LogP contribution in [0.5, 0.6) is 0 Å². The number of aromatic nitrogens is 2. The summed E-state index contributed by atoms with van der Waals surface area (Å²) in [5, 5.41) is 13.4. The van der Waals surface area contributed by atoms with Gasteiger partial charge in [0.05, 0.1) is 29.5 Å². The van der Waals surface area contributed by atoms with Crippen LogP contribution in [0.1, 0.15) is 26.5 Å². The largest absolute Gasteiger partial charge is 0.480 e. The highest BCUT2D eigenvalue weighted by Gasteiger charge is 2.38. The van der Waals surface area contributed by atoms with Crippen molar-refractivity contribution in [2.45, 2.75) is 45.5 Å². The average Bonchev–Trinajstić information content (AvgIpc) is 2.67. The molecule has 0 saturated carbocycles. The number of hydrogen-bond acceptors (Lipinski definition) is 4. The number of nitrogens with zero attached hydrogens (tertiary/aromatic N) is 3. The van der Waals surface area contributed by atoms with Crippen molar-refractivity contribution in [2.24, 2.45) is 0 Å². The molecule has 110 valence electrons. The van der Waals surface area contributed by atoms with Gasteiger partial charge in [-0.1, -0.05) is 0 Å². The van der Waals surface area contributed by atoms with Gasteiger partial charge in [0.1, 0.15) is 5.60 Å². The summed E-state index contributed by atoms with van der Waals surface area (Å²) in [6, 6.07) is -0.982. The predicted molar refractivity (Wildman–Crippen MR) is 73.1 cm³/mol. The molecule has 0 saturated heterocycles. The van der Waals surface area contributed by atoms with Crippen LogP contribution in [0.2, 0.25) is 0 Å². The highest BCUT2D eigenvalue weighted by molar-refractivity contribution is 9.10. The molecule has 1 unspecified atom stereocenters. The normalized spacial score (nSPS) is 18.6. The molecule has 8 heteroatoms. The first-order chi connectivity index (χ1) is 9.19. The molecule has 0 fully saturated rings. The Balaban J connectivity index is 2.28. The van der Waals surface area contributed by atoms with Crippen molar-refractivity contribution >= 4 is 28.0 Å². The number of carbonyl (C=O) groups excluding carboxylic acids is 1. The highest BCUT2D eigenvalue weighted by atomic mass is 79.9. The molecule has 1 aliphatic rings. The molecule has 0 spiro atoms. The second kappa shape index (κ2) is 5.08. The fourth-order valence-corrected chi connectivity index (χ4v) is 2.38. The lowest BCUT2D eigenvalue weighted by Gasteiger charge is -2.34. The molecular formula is C12H16BrN3O4. The zero-order chi connectivity index (χ0) is 15.1. The van der Waals surface area contributed by atoms with Crippen LogP contribution in [0.15, 0.2) is 10.7 Å². The maximum absolute atomic E-state index is 12.2. The molecule has 20 heavy (non-hydrogen) atoms. The smallest absolute Gasteiger partial charge is 0.411 e. The molecular weight excluding hydrogens is 330 g/mol. The van der Waals surface area contributed by atoms with Gasteiger partial charge in [0.25, 0.3) is 0 Å². The Morgan fingerprint density at radius 2 is 2.15 bits per heavy atom. The van der Waals surface area contributed by atoms with Crippen molar-refractivity contribution in [3.63, 3.8) is 0 Å². The Bertz CT molecular complexity index is 549. The van der Waals surface area contributed by atoms with Crippen molar-refractivity contribution < 1.29 is 19.4 Å². The zero-order valence-corrected chi connectivity index (χ0v) is 13.0. The van der Waals surface area contributed by atoms with Crippen LogP contribution in [0, 0.1) is 0 Å². The van der Waals surface area contributed by atoms with E-state index in [-0.39, 0.29) is 13.1 Å². The van der Waals surface area contributed by atoms with E-state index in [0.29, 0.717) is 0 Å². The lowest BCUT2D eigenvalue weighted by Crippen LogP contribution is -2.52. The second-order valence-electron chi connectivity index (χ2n) is 5.58. The third-order valence-electron chi connectivity index (χ3n) is 2.85. The summed E-state index contributed by atoms with van der Waals surface area (Å²) in [7, 11) is 0. The quantitative estimate of drug-likeness (QED) is 0.839. The van der Waals surface area contributed by atoms with Crippen LogP contribution >= 0.6 is 15.9 Å². The summed E-state index contributed by atoms with van der Waals surface area (Å²) in [6.07, 6.45) is 0.955. The average molecular weight is 346 g/mol. The van der Waals surface area contributed by atoms with Crippen LogP contribution in [0.4, 0.5) is 4.79 Å². The fourth-order valence-electron chi connectivity index (χ4n) is 1.96. The van der Waals surface area contributed by atoms with E-state index in [2.05, 4.69) is 21.0 Å². The number of carboxylic acid groups (broad SMARTS) is 1. The molecule has 0 bridgehead atoms. The molecule has 2 rings (SSSR count). The summed E-state index contributed by atoms with van der Waals surface area (Å²) in [4.78, 5) is 24.7. The molecule has 1 amide bonds. The van der Waals surface area contributed by atoms with Crippen LogP contribution in [-0.2, 0) is 22.6 Å². The SMILES string of the molecule is CC(C)(C)OC(=O)N1Cc2c(Br)cnn2CC1C(=O)O. The van der Waals surface area contributed by atoms with Gasteiger partial charge in [0.15, 0.2) is 6.04 Å². The first kappa shape index (κ1) is 14.8. The molecule has 1 aliphatic heterocycles. The van der Waals surface area contributed by atoms with Gasteiger partial charge in [-0.05, 0) is 36.7 Å². The molecule has 0 aliphatic carbocycles. The first-order valence-corrected chi connectivity index (χ1v) is 6.91. The maximum atomic E-state index is 12.2. The number of carboxylic acids is 1. The van der Waals surface area contributed by atoms with Crippen molar-refractivity contribution in [1.82, 2.24) is 14.7 Å². The summed E-state index contributed by atoms with van der Waals surface area (Å²) in [5.41, 5.74) is 0.0862. The Morgan fingerprint density at radius 3 is 2.70 bits per heavy atom. The standard InChI is InChI=1S/C12H16BrN3O4/c1-12(2,3)20-11(19)15-5-8-7(13)4-14-16(8)6-9(15)10(17)18/h4,9H,5-6H2,1-3H3,(H,17,18). The number of amides is 1. The van der Waals surface area contributed by atoms with Crippen molar-refractivity contribution in [1.29, 1.82) is 0 Å². The molecule has 2 heterocycles. The molecule has 7 nitrogen and oxygen atoms in total. The Labute approximate surface area is 124 Å². The van der Waals surface area contributed by atoms with E-state index in [1.807, 2.05) is 0 Å². The summed E-state index contributed by atoms with van der Waals surface area (Å²) >= 11 is 3.34. The minimum Gasteiger partial charge on any atom is -0.480 e. The Kier molecular flexibility index (Phi) is 3.77. The summed E-state index contributed by atoms with van der Waals surface area (Å²) < 4.78 is 7.60. The van der Waals surface area contributed by atoms with Crippen molar-refractivity contribution in [3.05, 3.63) is 16.4 Å². The molecule has 0 aromatic carbocycles. The van der Waals surface area contributed by atoms with Gasteiger partial charge in [-0.25, -0.2) is 9.59 Å². The van der Waals surface area contributed by atoms with Gasteiger partial charge in [-0.2, -0.15) is 5.10 Å². The number of halogens is 1. The lowest BCUT2D eigenvalue weighted by molar-refractivity contribution is -0.144. The summed E-state index contributed by atoms with van der Waals surface area (Å²) in [5.74, 6) is -1.08. The van der Waals surface area contributed by atoms with Gasteiger partial charge < -0.3 is 9.84 Å². The zero-order valence-electron chi connectivity index (χ0n) is 11.5. The van der Waals surface area contributed by atoms with Gasteiger partial charge in [0.2, 0.25) is 0 Å². The third-order valence-corrected chi connectivity index (χ3v) is 3.52. The number of ether oxygens (including phenoxy) is 1. The van der Waals surface area contributed by atoms with Crippen molar-refractivity contribution in [3.8, 4) is 0 Å². The summed E-state index contributed by atoms with van der Waals surface area (Å²) in [6.45, 7) is 5.47. The van der Waals surface area contributed by atoms with Crippen molar-refractivity contribution in [2.75, 3.05) is 0 Å². The highest BCUT2D eigenvalue weighted by Crippen LogP contribution is 2.25. The minimum absolute atomic E-state index is 0.107. The van der Waals surface area contributed by atoms with E-state index < -0.39 is 23.7 Å². The molecule has 1 atom stereocenters. The van der Waals surface area contributed by atoms with Crippen LogP contribution < -0.4 is 0 Å². The van der Waals surface area contributed by atoms with E-state index in [1.54, 1.807) is 31.6 Å². The predicted octanol–water partition coefficient (Wildman–Crippen LogP) is 1.85. The van der Waals surface area contributed by atoms with Crippen LogP contribution in [-0.4, -0.2) is 43.5 Å². The Hall–Kier alpha value is -1.57. The molecule has 0 radical (unpaired) electrons. The fraction of sp³-hybridized carbons (Fsp3) is 0.583. The first-order valence-electron chi connectivity index (χ1n) is 6.11. The van der Waals surface area contributed by atoms with E-state index in [1.165, 1.54) is 4.90 Å². The monoisotopic (exact) mass is 345 g/mol. The number of rotatable bonds is 1. The molecule has 1 N–H and O–H groups in total. The van der Waals surface area contributed by atoms with Gasteiger partial charge in [0, 0.05) is 0 Å². The van der Waals surface area contributed by atoms with E-state index in [9.17, 15) is 14.7 Å². The second-order valence-corrected chi connectivity index (χ2v) is 6.44. The van der Waals surface area contributed by atoms with E-state index in [4.69, 9.17) is 4.74 Å². The van der Waals surface area contributed by atoms with Gasteiger partial charge in [-0.15, -0.1) is 0 Å². The Morgan fingerprint density at radius 1 is 1.50 bits per heavy atom. The molecule has 1 aromatic heterocycles. The van der Waals surface area contributed by atoms with Crippen LogP contribution in [0.3, 0.4) is 0 Å². The molecule has 1 aromatic rings. The maximum Gasteiger partial charge on any atom is 0.411 e. The van der Waals surface area contributed by atoms with E-state index in [0.717, 1.165) is 10.2 Å². The number of aliphatic carboxylic acids is 1. The van der Waals surface area contributed by atoms with Gasteiger partial charge >= 0.3 is 12.1 Å².